The number of nitrogens with zero attached hydrogens (tertiary/aromatic N) is 1. The van der Waals surface area contributed by atoms with Crippen LogP contribution in [0.4, 0.5) is 5.69 Å². The van der Waals surface area contributed by atoms with Crippen molar-refractivity contribution in [2.24, 2.45) is 0 Å². The second-order valence-corrected chi connectivity index (χ2v) is 6.22. The fourth-order valence-corrected chi connectivity index (χ4v) is 3.23. The van der Waals surface area contributed by atoms with E-state index >= 15 is 0 Å². The van der Waals surface area contributed by atoms with E-state index in [1.165, 1.54) is 6.92 Å². The van der Waals surface area contributed by atoms with Crippen molar-refractivity contribution in [2.45, 2.75) is 19.4 Å². The molecule has 3 rings (SSSR count). The summed E-state index contributed by atoms with van der Waals surface area (Å²) in [7, 11) is 0. The number of carbonyl (C=O) groups is 2. The fraction of sp³-hybridized carbons (Fsp3) is 0.263. The number of amides is 2. The van der Waals surface area contributed by atoms with Gasteiger partial charge in [0.1, 0.15) is 11.8 Å². The lowest BCUT2D eigenvalue weighted by molar-refractivity contribution is -0.126. The van der Waals surface area contributed by atoms with E-state index in [1.807, 2.05) is 36.4 Å². The molecule has 2 aromatic carbocycles. The number of para-hydroxylation sites is 2. The minimum absolute atomic E-state index is 0.169. The summed E-state index contributed by atoms with van der Waals surface area (Å²) >= 11 is 6.30. The van der Waals surface area contributed by atoms with E-state index in [9.17, 15) is 9.59 Å². The first-order valence-electron chi connectivity index (χ1n) is 8.12. The molecule has 2 amide bonds. The molecular weight excluding hydrogens is 340 g/mol. The molecule has 6 heteroatoms. The highest BCUT2D eigenvalue weighted by Gasteiger charge is 2.38. The normalized spacial score (nSPS) is 15.8. The zero-order valence-electron chi connectivity index (χ0n) is 13.9. The van der Waals surface area contributed by atoms with Gasteiger partial charge < -0.3 is 15.0 Å². The third kappa shape index (κ3) is 3.77. The standard InChI is InChI=1S/C19H19ClN2O3/c1-13(23)21-17-15-9-5-10-16(20)18(15)22(19(17)24)11-6-12-25-14-7-3-2-4-8-14/h2-5,7-10,17H,6,11-12H2,1H3,(H,21,23). The van der Waals surface area contributed by atoms with Crippen LogP contribution >= 0.6 is 11.6 Å². The Balaban J connectivity index is 1.69. The second kappa shape index (κ2) is 7.57. The number of ether oxygens (including phenoxy) is 1. The Morgan fingerprint density at radius 1 is 1.20 bits per heavy atom. The number of rotatable bonds is 6. The highest BCUT2D eigenvalue weighted by atomic mass is 35.5. The largest absolute Gasteiger partial charge is 0.494 e. The second-order valence-electron chi connectivity index (χ2n) is 5.82. The van der Waals surface area contributed by atoms with Gasteiger partial charge in [-0.2, -0.15) is 0 Å². The van der Waals surface area contributed by atoms with E-state index in [0.29, 0.717) is 30.3 Å². The lowest BCUT2D eigenvalue weighted by Crippen LogP contribution is -2.37. The first-order valence-corrected chi connectivity index (χ1v) is 8.50. The van der Waals surface area contributed by atoms with E-state index < -0.39 is 6.04 Å². The SMILES string of the molecule is CC(=O)NC1C(=O)N(CCCOc2ccccc2)c2c(Cl)cccc21. The molecule has 2 aromatic rings. The Bertz CT molecular complexity index is 779. The molecule has 0 bridgehead atoms. The average Bonchev–Trinajstić information content (AvgIpc) is 2.86. The van der Waals surface area contributed by atoms with Crippen molar-refractivity contribution in [3.8, 4) is 5.75 Å². The van der Waals surface area contributed by atoms with E-state index in [-0.39, 0.29) is 11.8 Å². The third-order valence-electron chi connectivity index (χ3n) is 4.00. The number of halogens is 1. The van der Waals surface area contributed by atoms with Gasteiger partial charge in [-0.1, -0.05) is 41.9 Å². The Hall–Kier alpha value is -2.53. The topological polar surface area (TPSA) is 58.6 Å². The predicted octanol–water partition coefficient (Wildman–Crippen LogP) is 3.33. The summed E-state index contributed by atoms with van der Waals surface area (Å²) in [6, 6.07) is 14.2. The smallest absolute Gasteiger partial charge is 0.254 e. The quantitative estimate of drug-likeness (QED) is 0.806. The van der Waals surface area contributed by atoms with Crippen molar-refractivity contribution in [3.63, 3.8) is 0 Å². The molecule has 0 fully saturated rings. The number of hydrogen-bond donors (Lipinski definition) is 1. The maximum absolute atomic E-state index is 12.7. The monoisotopic (exact) mass is 358 g/mol. The first kappa shape index (κ1) is 17.3. The summed E-state index contributed by atoms with van der Waals surface area (Å²) in [5, 5.41) is 3.20. The minimum Gasteiger partial charge on any atom is -0.494 e. The molecule has 1 heterocycles. The van der Waals surface area contributed by atoms with Crippen LogP contribution in [0.15, 0.2) is 48.5 Å². The zero-order valence-corrected chi connectivity index (χ0v) is 14.6. The van der Waals surface area contributed by atoms with E-state index in [4.69, 9.17) is 16.3 Å². The van der Waals surface area contributed by atoms with Gasteiger partial charge in [0.05, 0.1) is 17.3 Å². The van der Waals surface area contributed by atoms with Crippen LogP contribution in [0, 0.1) is 0 Å². The van der Waals surface area contributed by atoms with Gasteiger partial charge in [-0.25, -0.2) is 0 Å². The Morgan fingerprint density at radius 2 is 1.96 bits per heavy atom. The molecular formula is C19H19ClN2O3. The molecule has 1 unspecified atom stereocenters. The van der Waals surface area contributed by atoms with Gasteiger partial charge in [-0.05, 0) is 24.6 Å². The summed E-state index contributed by atoms with van der Waals surface area (Å²) in [5.74, 6) is 0.376. The number of benzene rings is 2. The van der Waals surface area contributed by atoms with Crippen LogP contribution in [-0.2, 0) is 9.59 Å². The van der Waals surface area contributed by atoms with Gasteiger partial charge in [0, 0.05) is 19.0 Å². The molecule has 0 radical (unpaired) electrons. The highest BCUT2D eigenvalue weighted by Crippen LogP contribution is 2.40. The summed E-state index contributed by atoms with van der Waals surface area (Å²) < 4.78 is 5.67. The summed E-state index contributed by atoms with van der Waals surface area (Å²) in [6.07, 6.45) is 0.651. The minimum atomic E-state index is -0.679. The van der Waals surface area contributed by atoms with Gasteiger partial charge in [0.15, 0.2) is 0 Å². The van der Waals surface area contributed by atoms with Crippen molar-refractivity contribution >= 4 is 29.1 Å². The molecule has 0 spiro atoms. The van der Waals surface area contributed by atoms with Crippen LogP contribution in [0.2, 0.25) is 5.02 Å². The highest BCUT2D eigenvalue weighted by molar-refractivity contribution is 6.34. The summed E-state index contributed by atoms with van der Waals surface area (Å²) in [5.41, 5.74) is 1.41. The van der Waals surface area contributed by atoms with Crippen molar-refractivity contribution in [1.82, 2.24) is 5.32 Å². The zero-order chi connectivity index (χ0) is 17.8. The van der Waals surface area contributed by atoms with Crippen LogP contribution in [-0.4, -0.2) is 25.0 Å². The number of carbonyl (C=O) groups excluding carboxylic acids is 2. The van der Waals surface area contributed by atoms with Crippen molar-refractivity contribution < 1.29 is 14.3 Å². The van der Waals surface area contributed by atoms with Crippen molar-refractivity contribution in [3.05, 3.63) is 59.1 Å². The van der Waals surface area contributed by atoms with Gasteiger partial charge in [0.25, 0.3) is 5.91 Å². The maximum Gasteiger partial charge on any atom is 0.254 e. The molecule has 0 aliphatic carbocycles. The fourth-order valence-electron chi connectivity index (χ4n) is 2.94. The molecule has 1 atom stereocenters. The van der Waals surface area contributed by atoms with Crippen LogP contribution in [0.1, 0.15) is 24.9 Å². The van der Waals surface area contributed by atoms with Crippen LogP contribution in [0.5, 0.6) is 5.75 Å². The molecule has 25 heavy (non-hydrogen) atoms. The lowest BCUT2D eigenvalue weighted by atomic mass is 10.1. The van der Waals surface area contributed by atoms with Gasteiger partial charge in [-0.3, -0.25) is 9.59 Å². The number of hydrogen-bond acceptors (Lipinski definition) is 3. The number of fused-ring (bicyclic) bond motifs is 1. The maximum atomic E-state index is 12.7. The molecule has 130 valence electrons. The first-order chi connectivity index (χ1) is 12.1. The van der Waals surface area contributed by atoms with Crippen molar-refractivity contribution in [2.75, 3.05) is 18.1 Å². The van der Waals surface area contributed by atoms with E-state index in [2.05, 4.69) is 5.32 Å². The molecule has 0 saturated carbocycles. The Morgan fingerprint density at radius 3 is 2.68 bits per heavy atom. The van der Waals surface area contributed by atoms with Gasteiger partial charge in [0.2, 0.25) is 5.91 Å². The molecule has 0 saturated heterocycles. The third-order valence-corrected chi connectivity index (χ3v) is 4.30. The molecule has 1 aliphatic rings. The van der Waals surface area contributed by atoms with Crippen LogP contribution in [0.3, 0.4) is 0 Å². The molecule has 1 N–H and O–H groups in total. The Kier molecular flexibility index (Phi) is 5.24. The Labute approximate surface area is 151 Å². The number of anilines is 1. The summed E-state index contributed by atoms with van der Waals surface area (Å²) in [4.78, 5) is 25.8. The van der Waals surface area contributed by atoms with Crippen LogP contribution < -0.4 is 15.0 Å². The van der Waals surface area contributed by atoms with Gasteiger partial charge in [-0.15, -0.1) is 0 Å². The van der Waals surface area contributed by atoms with Crippen LogP contribution in [0.25, 0.3) is 0 Å². The predicted molar refractivity (Wildman–Crippen MR) is 96.9 cm³/mol. The number of nitrogens with one attached hydrogen (secondary N) is 1. The lowest BCUT2D eigenvalue weighted by Gasteiger charge is -2.19. The van der Waals surface area contributed by atoms with E-state index in [0.717, 1.165) is 11.3 Å². The molecule has 1 aliphatic heterocycles. The molecule has 5 nitrogen and oxygen atoms in total. The summed E-state index contributed by atoms with van der Waals surface area (Å²) in [6.45, 7) is 2.35. The average molecular weight is 359 g/mol. The van der Waals surface area contributed by atoms with Crippen molar-refractivity contribution in [1.29, 1.82) is 0 Å². The molecule has 0 aromatic heterocycles. The van der Waals surface area contributed by atoms with E-state index in [1.54, 1.807) is 17.0 Å². The van der Waals surface area contributed by atoms with Gasteiger partial charge >= 0.3 is 0 Å².